The predicted octanol–water partition coefficient (Wildman–Crippen LogP) is 6.25. The van der Waals surface area contributed by atoms with Gasteiger partial charge in [-0.3, -0.25) is 4.79 Å². The van der Waals surface area contributed by atoms with E-state index in [1.54, 1.807) is 4.90 Å². The highest BCUT2D eigenvalue weighted by Crippen LogP contribution is 2.33. The lowest BCUT2D eigenvalue weighted by Crippen LogP contribution is -2.55. The fourth-order valence-electron chi connectivity index (χ4n) is 4.85. The van der Waals surface area contributed by atoms with Crippen LogP contribution in [0.1, 0.15) is 49.2 Å². The first kappa shape index (κ1) is 27.3. The molecule has 40 heavy (non-hydrogen) atoms. The fraction of sp³-hybridized carbons (Fsp3) is 0.345. The molecule has 1 fully saturated rings. The molecule has 5 rings (SSSR count). The Morgan fingerprint density at radius 1 is 1.05 bits per heavy atom. The van der Waals surface area contributed by atoms with Crippen LogP contribution in [0.25, 0.3) is 22.6 Å². The van der Waals surface area contributed by atoms with Crippen molar-refractivity contribution in [2.45, 2.75) is 45.5 Å². The number of hydrogen-bond donors (Lipinski definition) is 2. The molecule has 1 atom stereocenters. The quantitative estimate of drug-likeness (QED) is 0.291. The summed E-state index contributed by atoms with van der Waals surface area (Å²) in [7, 11) is 0. The number of aromatic amines is 2. The normalized spacial score (nSPS) is 16.4. The average molecular weight is 554 g/mol. The van der Waals surface area contributed by atoms with Gasteiger partial charge < -0.3 is 24.5 Å². The Balaban J connectivity index is 1.33. The molecule has 0 bridgehead atoms. The van der Waals surface area contributed by atoms with Crippen LogP contribution in [-0.4, -0.2) is 63.0 Å². The number of imidazole rings is 1. The van der Waals surface area contributed by atoms with E-state index in [2.05, 4.69) is 19.9 Å². The van der Waals surface area contributed by atoms with Crippen molar-refractivity contribution in [3.63, 3.8) is 0 Å². The first-order valence-electron chi connectivity index (χ1n) is 12.9. The highest BCUT2D eigenvalue weighted by Gasteiger charge is 2.35. The zero-order valence-corrected chi connectivity index (χ0v) is 22.6. The van der Waals surface area contributed by atoms with Gasteiger partial charge >= 0.3 is 12.3 Å². The number of amides is 1. The molecule has 0 spiro atoms. The molecule has 0 unspecified atom stereocenters. The number of aromatic nitrogens is 3. The van der Waals surface area contributed by atoms with E-state index in [1.807, 2.05) is 45.9 Å². The smallest absolute Gasteiger partial charge is 0.417 e. The topological polar surface area (TPSA) is 94.3 Å². The predicted molar refractivity (Wildman–Crippen MR) is 145 cm³/mol. The number of H-pyrrole nitrogens is 2. The Hall–Kier alpha value is -4.28. The van der Waals surface area contributed by atoms with Gasteiger partial charge in [0.15, 0.2) is 11.6 Å². The van der Waals surface area contributed by atoms with Crippen molar-refractivity contribution in [2.75, 3.05) is 24.5 Å². The molecule has 8 nitrogen and oxygen atoms in total. The minimum absolute atomic E-state index is 0.0472. The third-order valence-electron chi connectivity index (χ3n) is 6.76. The number of anilines is 1. The van der Waals surface area contributed by atoms with Crippen LogP contribution < -0.4 is 4.90 Å². The van der Waals surface area contributed by atoms with Gasteiger partial charge in [-0.2, -0.15) is 13.2 Å². The third kappa shape index (κ3) is 5.54. The summed E-state index contributed by atoms with van der Waals surface area (Å²) in [6.07, 6.45) is -3.57. The molecule has 0 saturated carbocycles. The van der Waals surface area contributed by atoms with Gasteiger partial charge in [-0.25, -0.2) is 9.78 Å². The average Bonchev–Trinajstić information content (AvgIpc) is 3.53. The summed E-state index contributed by atoms with van der Waals surface area (Å²) in [5.41, 5.74) is 1.07. The second kappa shape index (κ2) is 10.0. The van der Waals surface area contributed by atoms with E-state index in [-0.39, 0.29) is 17.7 Å². The van der Waals surface area contributed by atoms with Crippen LogP contribution in [0.15, 0.2) is 54.7 Å². The largest absolute Gasteiger partial charge is 0.444 e. The Kier molecular flexibility index (Phi) is 6.85. The number of nitrogens with one attached hydrogen (secondary N) is 2. The Morgan fingerprint density at radius 3 is 2.50 bits per heavy atom. The van der Waals surface area contributed by atoms with Gasteiger partial charge in [0.1, 0.15) is 5.60 Å². The molecular weight excluding hydrogens is 523 g/mol. The number of alkyl halides is 3. The highest BCUT2D eigenvalue weighted by atomic mass is 19.4. The maximum Gasteiger partial charge on any atom is 0.417 e. The Labute approximate surface area is 229 Å². The summed E-state index contributed by atoms with van der Waals surface area (Å²) < 4.78 is 45.8. The van der Waals surface area contributed by atoms with Gasteiger partial charge in [0, 0.05) is 48.7 Å². The molecule has 2 aromatic heterocycles. The van der Waals surface area contributed by atoms with Crippen LogP contribution in [0.2, 0.25) is 0 Å². The van der Waals surface area contributed by atoms with Gasteiger partial charge in [-0.15, -0.1) is 0 Å². The Bertz CT molecular complexity index is 1570. The van der Waals surface area contributed by atoms with Crippen molar-refractivity contribution in [3.05, 3.63) is 71.4 Å². The number of benzene rings is 2. The van der Waals surface area contributed by atoms with Crippen molar-refractivity contribution in [2.24, 2.45) is 0 Å². The molecule has 1 amide bonds. The molecule has 210 valence electrons. The molecule has 1 saturated heterocycles. The van der Waals surface area contributed by atoms with E-state index in [0.29, 0.717) is 36.7 Å². The zero-order valence-electron chi connectivity index (χ0n) is 22.6. The number of ether oxygens (including phenoxy) is 1. The van der Waals surface area contributed by atoms with E-state index in [0.717, 1.165) is 17.3 Å². The lowest BCUT2D eigenvalue weighted by molar-refractivity contribution is -0.137. The van der Waals surface area contributed by atoms with Crippen LogP contribution in [0.3, 0.4) is 0 Å². The van der Waals surface area contributed by atoms with Crippen LogP contribution >= 0.6 is 0 Å². The molecular formula is C29H30F3N5O3. The minimum atomic E-state index is -4.64. The number of fused-ring (bicyclic) bond motifs is 1. The molecule has 4 aromatic rings. The number of hydrogen-bond acceptors (Lipinski definition) is 5. The number of piperazine rings is 1. The summed E-state index contributed by atoms with van der Waals surface area (Å²) in [4.78, 5) is 40.2. The van der Waals surface area contributed by atoms with E-state index >= 15 is 0 Å². The maximum absolute atomic E-state index is 13.4. The second-order valence-corrected chi connectivity index (χ2v) is 10.9. The number of carbonyl (C=O) groups is 2. The lowest BCUT2D eigenvalue weighted by atomic mass is 9.99. The fourth-order valence-corrected chi connectivity index (χ4v) is 4.85. The summed E-state index contributed by atoms with van der Waals surface area (Å²) >= 11 is 0. The molecule has 1 aliphatic heterocycles. The van der Waals surface area contributed by atoms with Crippen LogP contribution in [0.4, 0.5) is 23.7 Å². The monoisotopic (exact) mass is 553 g/mol. The van der Waals surface area contributed by atoms with Gasteiger partial charge in [0.25, 0.3) is 0 Å². The van der Waals surface area contributed by atoms with E-state index in [4.69, 9.17) is 4.74 Å². The summed E-state index contributed by atoms with van der Waals surface area (Å²) in [6, 6.07) is 12.0. The number of carbonyl (C=O) groups excluding carboxylic acids is 2. The molecule has 0 aliphatic carbocycles. The first-order chi connectivity index (χ1) is 18.8. The van der Waals surface area contributed by atoms with E-state index in [9.17, 15) is 22.8 Å². The molecule has 2 aromatic carbocycles. The standard InChI is InChI=1S/C29H30F3N5O3/c1-17-16-36(11-12-37(17)27(39)40-28(2,3)4)19-9-10-22-23(14-19)35-26(34-22)24-13-18(15-33-24)25(38)20-7-5-6-8-21(20)29(30,31)32/h5-10,13-15,17,33H,11-12,16H2,1-4H3,(H,34,35)/t17-/m1/s1. The third-order valence-corrected chi connectivity index (χ3v) is 6.76. The highest BCUT2D eigenvalue weighted by molar-refractivity contribution is 6.10. The SMILES string of the molecule is C[C@@H]1CN(c2ccc3nc(-c4cc(C(=O)c5ccccc5C(F)(F)F)c[nH]4)[nH]c3c2)CCN1C(=O)OC(C)(C)C. The van der Waals surface area contributed by atoms with Gasteiger partial charge in [-0.1, -0.05) is 18.2 Å². The summed E-state index contributed by atoms with van der Waals surface area (Å²) in [6.45, 7) is 9.32. The van der Waals surface area contributed by atoms with E-state index < -0.39 is 28.7 Å². The van der Waals surface area contributed by atoms with Gasteiger partial charge in [0.2, 0.25) is 0 Å². The summed E-state index contributed by atoms with van der Waals surface area (Å²) in [5.74, 6) is -0.271. The van der Waals surface area contributed by atoms with E-state index in [1.165, 1.54) is 30.5 Å². The number of rotatable bonds is 4. The van der Waals surface area contributed by atoms with Crippen molar-refractivity contribution in [3.8, 4) is 11.5 Å². The number of halogens is 3. The number of nitrogens with zero attached hydrogens (tertiary/aromatic N) is 3. The molecule has 3 heterocycles. The Morgan fingerprint density at radius 2 is 1.80 bits per heavy atom. The van der Waals surface area contributed by atoms with Crippen molar-refractivity contribution in [1.82, 2.24) is 19.9 Å². The lowest BCUT2D eigenvalue weighted by Gasteiger charge is -2.41. The maximum atomic E-state index is 13.4. The van der Waals surface area contributed by atoms with Gasteiger partial charge in [0.05, 0.1) is 22.3 Å². The van der Waals surface area contributed by atoms with Crippen LogP contribution in [0.5, 0.6) is 0 Å². The van der Waals surface area contributed by atoms with Crippen molar-refractivity contribution in [1.29, 1.82) is 0 Å². The second-order valence-electron chi connectivity index (χ2n) is 10.9. The molecule has 2 N–H and O–H groups in total. The minimum Gasteiger partial charge on any atom is -0.444 e. The molecule has 11 heteroatoms. The van der Waals surface area contributed by atoms with Crippen LogP contribution in [0, 0.1) is 0 Å². The zero-order chi connectivity index (χ0) is 28.8. The summed E-state index contributed by atoms with van der Waals surface area (Å²) in [5, 5.41) is 0. The van der Waals surface area contributed by atoms with Crippen LogP contribution in [-0.2, 0) is 10.9 Å². The van der Waals surface area contributed by atoms with Crippen molar-refractivity contribution < 1.29 is 27.5 Å². The number of ketones is 1. The first-order valence-corrected chi connectivity index (χ1v) is 12.9. The van der Waals surface area contributed by atoms with Gasteiger partial charge in [-0.05, 0) is 58.0 Å². The molecule has 1 aliphatic rings. The molecule has 0 radical (unpaired) electrons. The van der Waals surface area contributed by atoms with Crippen molar-refractivity contribution >= 4 is 28.6 Å².